The van der Waals surface area contributed by atoms with Gasteiger partial charge in [-0.3, -0.25) is 0 Å². The van der Waals surface area contributed by atoms with Crippen molar-refractivity contribution in [1.29, 1.82) is 0 Å². The second kappa shape index (κ2) is 3.14. The number of thiocarbonyl (C=S) groups is 1. The van der Waals surface area contributed by atoms with Gasteiger partial charge in [0.15, 0.2) is 0 Å². The van der Waals surface area contributed by atoms with E-state index in [0.717, 1.165) is 11.1 Å². The van der Waals surface area contributed by atoms with Crippen molar-refractivity contribution in [3.8, 4) is 0 Å². The Hall–Kier alpha value is -1.22. The topological polar surface area (TPSA) is 26.3 Å². The summed E-state index contributed by atoms with van der Waals surface area (Å²) in [4.78, 5) is 11.4. The molecule has 1 aromatic rings. The van der Waals surface area contributed by atoms with E-state index >= 15 is 0 Å². The molecule has 0 saturated heterocycles. The van der Waals surface area contributed by atoms with Crippen molar-refractivity contribution in [3.63, 3.8) is 0 Å². The van der Waals surface area contributed by atoms with Gasteiger partial charge in [0, 0.05) is 5.56 Å². The van der Waals surface area contributed by atoms with Gasteiger partial charge in [0.2, 0.25) is 5.05 Å². The van der Waals surface area contributed by atoms with Crippen molar-refractivity contribution in [2.75, 3.05) is 0 Å². The quantitative estimate of drug-likeness (QED) is 0.497. The fourth-order valence-electron chi connectivity index (χ4n) is 1.55. The standard InChI is InChI=1S/C12H12O2S/c1-12(2,3)7-4-5-8-9(6-7)10(13)14-11(8)15/h4-6H,1-3H3. The molecule has 1 aliphatic rings. The molecule has 0 atom stereocenters. The summed E-state index contributed by atoms with van der Waals surface area (Å²) >= 11 is 4.94. The molecule has 0 aliphatic carbocycles. The van der Waals surface area contributed by atoms with Gasteiger partial charge in [-0.05, 0) is 35.3 Å². The second-order valence-corrected chi connectivity index (χ2v) is 5.06. The molecular formula is C12H12O2S. The van der Waals surface area contributed by atoms with E-state index < -0.39 is 0 Å². The van der Waals surface area contributed by atoms with Crippen LogP contribution in [0, 0.1) is 0 Å². The number of hydrogen-bond donors (Lipinski definition) is 0. The van der Waals surface area contributed by atoms with Crippen molar-refractivity contribution in [2.24, 2.45) is 0 Å². The maximum atomic E-state index is 11.4. The zero-order valence-corrected chi connectivity index (χ0v) is 9.77. The lowest BCUT2D eigenvalue weighted by atomic mass is 9.85. The SMILES string of the molecule is CC(C)(C)c1ccc2c(c1)C(=O)OC2=S. The maximum absolute atomic E-state index is 11.4. The normalized spacial score (nSPS) is 15.1. The molecule has 0 aromatic heterocycles. The largest absolute Gasteiger partial charge is 0.410 e. The van der Waals surface area contributed by atoms with E-state index in [4.69, 9.17) is 17.0 Å². The van der Waals surface area contributed by atoms with E-state index in [2.05, 4.69) is 20.8 Å². The highest BCUT2D eigenvalue weighted by Crippen LogP contribution is 2.28. The average Bonchev–Trinajstić information content (AvgIpc) is 2.41. The van der Waals surface area contributed by atoms with E-state index in [9.17, 15) is 4.79 Å². The number of ether oxygens (including phenoxy) is 1. The molecule has 15 heavy (non-hydrogen) atoms. The van der Waals surface area contributed by atoms with E-state index in [0.29, 0.717) is 5.56 Å². The van der Waals surface area contributed by atoms with Crippen LogP contribution in [0.5, 0.6) is 0 Å². The van der Waals surface area contributed by atoms with Crippen LogP contribution in [-0.4, -0.2) is 11.0 Å². The maximum Gasteiger partial charge on any atom is 0.345 e. The fourth-order valence-corrected chi connectivity index (χ4v) is 1.81. The number of rotatable bonds is 0. The van der Waals surface area contributed by atoms with Crippen LogP contribution in [0.2, 0.25) is 0 Å². The fraction of sp³-hybridized carbons (Fsp3) is 0.333. The van der Waals surface area contributed by atoms with Gasteiger partial charge in [-0.15, -0.1) is 0 Å². The minimum atomic E-state index is -0.332. The van der Waals surface area contributed by atoms with Crippen molar-refractivity contribution in [1.82, 2.24) is 0 Å². The Balaban J connectivity index is 2.57. The van der Waals surface area contributed by atoms with Gasteiger partial charge in [-0.2, -0.15) is 0 Å². The lowest BCUT2D eigenvalue weighted by Gasteiger charge is -2.19. The van der Waals surface area contributed by atoms with Gasteiger partial charge >= 0.3 is 5.97 Å². The van der Waals surface area contributed by atoms with E-state index in [1.165, 1.54) is 0 Å². The van der Waals surface area contributed by atoms with Crippen LogP contribution in [-0.2, 0) is 10.2 Å². The molecule has 0 bridgehead atoms. The molecule has 2 nitrogen and oxygen atoms in total. The summed E-state index contributed by atoms with van der Waals surface area (Å²) in [6.07, 6.45) is 0. The lowest BCUT2D eigenvalue weighted by molar-refractivity contribution is 0.0741. The molecule has 0 fully saturated rings. The van der Waals surface area contributed by atoms with Crippen LogP contribution in [0.4, 0.5) is 0 Å². The Kier molecular flexibility index (Phi) is 2.15. The van der Waals surface area contributed by atoms with Crippen LogP contribution < -0.4 is 0 Å². The number of esters is 1. The van der Waals surface area contributed by atoms with Crippen molar-refractivity contribution in [3.05, 3.63) is 34.9 Å². The number of benzene rings is 1. The van der Waals surface area contributed by atoms with Gasteiger partial charge in [-0.1, -0.05) is 26.8 Å². The molecule has 0 radical (unpaired) electrons. The Labute approximate surface area is 94.2 Å². The zero-order valence-electron chi connectivity index (χ0n) is 8.96. The van der Waals surface area contributed by atoms with Gasteiger partial charge in [0.25, 0.3) is 0 Å². The first-order valence-electron chi connectivity index (χ1n) is 4.80. The second-order valence-electron chi connectivity index (χ2n) is 4.69. The van der Waals surface area contributed by atoms with Crippen molar-refractivity contribution < 1.29 is 9.53 Å². The number of carbonyl (C=O) groups is 1. The zero-order chi connectivity index (χ0) is 11.2. The van der Waals surface area contributed by atoms with Gasteiger partial charge in [0.1, 0.15) is 0 Å². The first-order valence-corrected chi connectivity index (χ1v) is 5.21. The first kappa shape index (κ1) is 10.3. The van der Waals surface area contributed by atoms with Crippen LogP contribution in [0.1, 0.15) is 42.3 Å². The molecule has 1 aromatic carbocycles. The predicted octanol–water partition coefficient (Wildman–Crippen LogP) is 2.83. The van der Waals surface area contributed by atoms with E-state index in [1.54, 1.807) is 0 Å². The van der Waals surface area contributed by atoms with Crippen LogP contribution in [0.3, 0.4) is 0 Å². The number of hydrogen-bond acceptors (Lipinski definition) is 3. The molecule has 0 N–H and O–H groups in total. The average molecular weight is 220 g/mol. The Morgan fingerprint density at radius 1 is 1.20 bits per heavy atom. The molecule has 0 spiro atoms. The third kappa shape index (κ3) is 1.67. The first-order chi connectivity index (χ1) is 6.89. The third-order valence-corrected chi connectivity index (χ3v) is 2.81. The third-order valence-electron chi connectivity index (χ3n) is 2.51. The van der Waals surface area contributed by atoms with E-state index in [-0.39, 0.29) is 16.4 Å². The minimum Gasteiger partial charge on any atom is -0.410 e. The summed E-state index contributed by atoms with van der Waals surface area (Å²) in [6, 6.07) is 5.73. The van der Waals surface area contributed by atoms with Crippen LogP contribution in [0.15, 0.2) is 18.2 Å². The molecule has 2 rings (SSSR count). The number of cyclic esters (lactones) is 1. The summed E-state index contributed by atoms with van der Waals surface area (Å²) in [7, 11) is 0. The van der Waals surface area contributed by atoms with Crippen LogP contribution in [0.25, 0.3) is 0 Å². The Morgan fingerprint density at radius 3 is 2.47 bits per heavy atom. The highest BCUT2D eigenvalue weighted by Gasteiger charge is 2.28. The molecular weight excluding hydrogens is 208 g/mol. The Bertz CT molecular complexity index is 455. The molecule has 1 aliphatic heterocycles. The van der Waals surface area contributed by atoms with Crippen molar-refractivity contribution >= 4 is 23.2 Å². The molecule has 0 amide bonds. The Morgan fingerprint density at radius 2 is 1.87 bits per heavy atom. The molecule has 78 valence electrons. The lowest BCUT2D eigenvalue weighted by Crippen LogP contribution is -2.12. The van der Waals surface area contributed by atoms with Crippen LogP contribution >= 0.6 is 12.2 Å². The molecule has 0 unspecified atom stereocenters. The smallest absolute Gasteiger partial charge is 0.345 e. The van der Waals surface area contributed by atoms with Gasteiger partial charge in [0.05, 0.1) is 5.56 Å². The number of fused-ring (bicyclic) bond motifs is 1. The highest BCUT2D eigenvalue weighted by atomic mass is 32.1. The predicted molar refractivity (Wildman–Crippen MR) is 62.3 cm³/mol. The summed E-state index contributed by atoms with van der Waals surface area (Å²) < 4.78 is 4.89. The van der Waals surface area contributed by atoms with Gasteiger partial charge in [-0.25, -0.2) is 4.79 Å². The molecule has 1 heterocycles. The van der Waals surface area contributed by atoms with Gasteiger partial charge < -0.3 is 4.74 Å². The minimum absolute atomic E-state index is 0.0273. The van der Waals surface area contributed by atoms with Crippen molar-refractivity contribution in [2.45, 2.75) is 26.2 Å². The summed E-state index contributed by atoms with van der Waals surface area (Å²) in [6.45, 7) is 6.31. The summed E-state index contributed by atoms with van der Waals surface area (Å²) in [5.41, 5.74) is 2.47. The van der Waals surface area contributed by atoms with E-state index in [1.807, 2.05) is 18.2 Å². The highest BCUT2D eigenvalue weighted by molar-refractivity contribution is 7.80. The molecule has 0 saturated carbocycles. The monoisotopic (exact) mass is 220 g/mol. The molecule has 3 heteroatoms. The number of carbonyl (C=O) groups excluding carboxylic acids is 1. The summed E-state index contributed by atoms with van der Waals surface area (Å²) in [5, 5.41) is 0.287. The summed E-state index contributed by atoms with van der Waals surface area (Å²) in [5.74, 6) is -0.332.